The van der Waals surface area contributed by atoms with E-state index >= 15 is 0 Å². The van der Waals surface area contributed by atoms with Gasteiger partial charge in [0.1, 0.15) is 0 Å². The predicted octanol–water partition coefficient (Wildman–Crippen LogP) is 2.12. The average molecular weight is 387 g/mol. The fourth-order valence-corrected chi connectivity index (χ4v) is 3.60. The van der Waals surface area contributed by atoms with Crippen LogP contribution in [0, 0.1) is 0 Å². The van der Waals surface area contributed by atoms with Crippen molar-refractivity contribution in [3.05, 3.63) is 47.0 Å². The summed E-state index contributed by atoms with van der Waals surface area (Å²) in [7, 11) is 7.79. The summed E-state index contributed by atoms with van der Waals surface area (Å²) in [5.74, 6) is 1.99. The zero-order valence-electron chi connectivity index (χ0n) is 16.7. The number of likely N-dealkylation sites (N-methyl/N-ethyl adjacent to an activating group) is 1. The van der Waals surface area contributed by atoms with Gasteiger partial charge in [-0.2, -0.15) is 0 Å². The monoisotopic (exact) mass is 387 g/mol. The first-order chi connectivity index (χ1) is 13.4. The number of hydrogen-bond acceptors (Lipinski definition) is 6. The Hall–Kier alpha value is -2.93. The van der Waals surface area contributed by atoms with Crippen molar-refractivity contribution in [3.63, 3.8) is 0 Å². The summed E-state index contributed by atoms with van der Waals surface area (Å²) >= 11 is 0. The minimum atomic E-state index is -1.54. The maximum Gasteiger partial charge on any atom is 0.229 e. The topological polar surface area (TPSA) is 77.5 Å². The molecule has 1 N–H and O–H groups in total. The highest BCUT2D eigenvalue weighted by molar-refractivity contribution is 5.82. The van der Waals surface area contributed by atoms with E-state index in [1.165, 1.54) is 19.1 Å². The van der Waals surface area contributed by atoms with E-state index < -0.39 is 5.72 Å². The summed E-state index contributed by atoms with van der Waals surface area (Å²) in [6, 6.07) is 8.89. The van der Waals surface area contributed by atoms with E-state index in [-0.39, 0.29) is 18.7 Å². The molecule has 2 aromatic rings. The maximum atomic E-state index is 12.6. The summed E-state index contributed by atoms with van der Waals surface area (Å²) < 4.78 is 21.4. The molecule has 0 radical (unpaired) electrons. The van der Waals surface area contributed by atoms with Crippen molar-refractivity contribution in [2.24, 2.45) is 0 Å². The molecule has 7 nitrogen and oxygen atoms in total. The van der Waals surface area contributed by atoms with Gasteiger partial charge in [-0.25, -0.2) is 0 Å². The molecular weight excluding hydrogens is 362 g/mol. The molecule has 0 saturated heterocycles. The summed E-state index contributed by atoms with van der Waals surface area (Å²) in [6.07, 6.45) is 0.360. The van der Waals surface area contributed by atoms with Crippen LogP contribution in [0.4, 0.5) is 0 Å². The van der Waals surface area contributed by atoms with Gasteiger partial charge in [-0.3, -0.25) is 4.79 Å². The normalized spacial score (nSPS) is 18.5. The second kappa shape index (κ2) is 7.59. The van der Waals surface area contributed by atoms with Crippen molar-refractivity contribution in [1.29, 1.82) is 0 Å². The molecular formula is C21H25NO6. The number of aliphatic hydroxyl groups is 1. The van der Waals surface area contributed by atoms with Crippen LogP contribution in [0.25, 0.3) is 0 Å². The van der Waals surface area contributed by atoms with Crippen molar-refractivity contribution < 1.29 is 28.8 Å². The number of benzene rings is 2. The van der Waals surface area contributed by atoms with Gasteiger partial charge in [-0.15, -0.1) is 0 Å². The van der Waals surface area contributed by atoms with Crippen molar-refractivity contribution in [2.75, 3.05) is 35.5 Å². The van der Waals surface area contributed by atoms with Crippen LogP contribution in [0.5, 0.6) is 23.0 Å². The van der Waals surface area contributed by atoms with Gasteiger partial charge < -0.3 is 29.0 Å². The number of ether oxygens (including phenoxy) is 4. The van der Waals surface area contributed by atoms with Crippen LogP contribution in [0.3, 0.4) is 0 Å². The Morgan fingerprint density at radius 2 is 1.50 bits per heavy atom. The van der Waals surface area contributed by atoms with Crippen LogP contribution in [0.2, 0.25) is 0 Å². The molecule has 3 rings (SSSR count). The molecule has 0 saturated carbocycles. The molecule has 150 valence electrons. The van der Waals surface area contributed by atoms with E-state index in [9.17, 15) is 9.90 Å². The number of fused-ring (bicyclic) bond motifs is 1. The fraction of sp³-hybridized carbons (Fsp3) is 0.381. The van der Waals surface area contributed by atoms with Gasteiger partial charge in [0.15, 0.2) is 28.7 Å². The molecule has 0 fully saturated rings. The van der Waals surface area contributed by atoms with Gasteiger partial charge in [-0.1, -0.05) is 6.07 Å². The minimum absolute atomic E-state index is 0.178. The second-order valence-corrected chi connectivity index (χ2v) is 6.68. The van der Waals surface area contributed by atoms with E-state index in [1.807, 2.05) is 6.07 Å². The van der Waals surface area contributed by atoms with Crippen LogP contribution in [0.15, 0.2) is 30.3 Å². The molecule has 0 aliphatic carbocycles. The largest absolute Gasteiger partial charge is 0.493 e. The number of rotatable bonds is 6. The Morgan fingerprint density at radius 1 is 0.929 bits per heavy atom. The predicted molar refractivity (Wildman–Crippen MR) is 103 cm³/mol. The SMILES string of the molecule is COc1ccc(CC2(O)c3cc(OC)c(OC)cc3CC(=O)N2C)cc1OC. The zero-order valence-corrected chi connectivity index (χ0v) is 16.7. The van der Waals surface area contributed by atoms with E-state index in [0.717, 1.165) is 5.56 Å². The summed E-state index contributed by atoms with van der Waals surface area (Å²) in [6.45, 7) is 0. The van der Waals surface area contributed by atoms with Crippen molar-refractivity contribution in [3.8, 4) is 23.0 Å². The Balaban J connectivity index is 2.10. The Morgan fingerprint density at radius 3 is 2.11 bits per heavy atom. The van der Waals surface area contributed by atoms with E-state index in [2.05, 4.69) is 0 Å². The minimum Gasteiger partial charge on any atom is -0.493 e. The molecule has 1 aliphatic rings. The molecule has 2 aromatic carbocycles. The second-order valence-electron chi connectivity index (χ2n) is 6.68. The van der Waals surface area contributed by atoms with Crippen LogP contribution in [0.1, 0.15) is 16.7 Å². The van der Waals surface area contributed by atoms with Crippen molar-refractivity contribution in [2.45, 2.75) is 18.6 Å². The molecule has 7 heteroatoms. The van der Waals surface area contributed by atoms with Crippen LogP contribution >= 0.6 is 0 Å². The van der Waals surface area contributed by atoms with Gasteiger partial charge in [0.05, 0.1) is 34.9 Å². The van der Waals surface area contributed by atoms with Gasteiger partial charge in [-0.05, 0) is 35.4 Å². The van der Waals surface area contributed by atoms with E-state index in [1.54, 1.807) is 45.5 Å². The Kier molecular flexibility index (Phi) is 5.38. The summed E-state index contributed by atoms with van der Waals surface area (Å²) in [5, 5.41) is 11.6. The lowest BCUT2D eigenvalue weighted by Gasteiger charge is -2.42. The highest BCUT2D eigenvalue weighted by Crippen LogP contribution is 2.42. The Bertz CT molecular complexity index is 897. The van der Waals surface area contributed by atoms with E-state index in [4.69, 9.17) is 18.9 Å². The zero-order chi connectivity index (χ0) is 20.5. The number of carbonyl (C=O) groups excluding carboxylic acids is 1. The van der Waals surface area contributed by atoms with E-state index in [0.29, 0.717) is 34.1 Å². The number of amides is 1. The van der Waals surface area contributed by atoms with Gasteiger partial charge in [0.2, 0.25) is 5.91 Å². The highest BCUT2D eigenvalue weighted by atomic mass is 16.5. The fourth-order valence-electron chi connectivity index (χ4n) is 3.60. The van der Waals surface area contributed by atoms with Crippen molar-refractivity contribution in [1.82, 2.24) is 4.90 Å². The number of carbonyl (C=O) groups is 1. The summed E-state index contributed by atoms with van der Waals surface area (Å²) in [5.41, 5.74) is 0.581. The quantitative estimate of drug-likeness (QED) is 0.818. The third-order valence-corrected chi connectivity index (χ3v) is 5.21. The molecule has 1 heterocycles. The van der Waals surface area contributed by atoms with Gasteiger partial charge in [0, 0.05) is 19.0 Å². The Labute approximate surface area is 164 Å². The molecule has 1 amide bonds. The molecule has 28 heavy (non-hydrogen) atoms. The maximum absolute atomic E-state index is 12.6. The number of methoxy groups -OCH3 is 4. The molecule has 0 aromatic heterocycles. The van der Waals surface area contributed by atoms with Gasteiger partial charge in [0.25, 0.3) is 0 Å². The smallest absolute Gasteiger partial charge is 0.229 e. The van der Waals surface area contributed by atoms with Crippen molar-refractivity contribution >= 4 is 5.91 Å². The first-order valence-electron chi connectivity index (χ1n) is 8.83. The standard InChI is InChI=1S/C21H25NO6/c1-22-20(23)10-14-9-18(27-4)19(28-5)11-15(14)21(22,24)12-13-6-7-16(25-2)17(8-13)26-3/h6-9,11,24H,10,12H2,1-5H3. The third kappa shape index (κ3) is 3.22. The molecule has 1 aliphatic heterocycles. The lowest BCUT2D eigenvalue weighted by atomic mass is 9.85. The van der Waals surface area contributed by atoms with Crippen LogP contribution in [-0.4, -0.2) is 51.4 Å². The lowest BCUT2D eigenvalue weighted by Crippen LogP contribution is -2.52. The third-order valence-electron chi connectivity index (χ3n) is 5.21. The summed E-state index contributed by atoms with van der Waals surface area (Å²) in [4.78, 5) is 14.0. The van der Waals surface area contributed by atoms with Gasteiger partial charge >= 0.3 is 0 Å². The molecule has 1 unspecified atom stereocenters. The van der Waals surface area contributed by atoms with Crippen LogP contribution < -0.4 is 18.9 Å². The molecule has 0 spiro atoms. The van der Waals surface area contributed by atoms with Crippen LogP contribution in [-0.2, 0) is 23.4 Å². The lowest BCUT2D eigenvalue weighted by molar-refractivity contribution is -0.160. The first-order valence-corrected chi connectivity index (χ1v) is 8.83. The average Bonchev–Trinajstić information content (AvgIpc) is 2.71. The highest BCUT2D eigenvalue weighted by Gasteiger charge is 2.43. The number of hydrogen-bond donors (Lipinski definition) is 1. The first kappa shape index (κ1) is 19.8. The number of nitrogens with zero attached hydrogens (tertiary/aromatic N) is 1. The molecule has 1 atom stereocenters. The molecule has 0 bridgehead atoms.